The molecule has 1 aliphatic heterocycles. The van der Waals surface area contributed by atoms with Crippen molar-refractivity contribution in [3.05, 3.63) is 30.3 Å². The predicted molar refractivity (Wildman–Crippen MR) is 74.0 cm³/mol. The van der Waals surface area contributed by atoms with Crippen molar-refractivity contribution >= 4 is 10.8 Å². The molecular formula is C14H21NO2S. The van der Waals surface area contributed by atoms with Gasteiger partial charge in [-0.15, -0.1) is 0 Å². The van der Waals surface area contributed by atoms with Crippen molar-refractivity contribution in [3.63, 3.8) is 0 Å². The van der Waals surface area contributed by atoms with Crippen LogP contribution in [0.4, 0.5) is 0 Å². The van der Waals surface area contributed by atoms with Crippen molar-refractivity contribution in [2.45, 2.75) is 17.7 Å². The van der Waals surface area contributed by atoms with E-state index in [0.717, 1.165) is 37.4 Å². The molecule has 1 aromatic carbocycles. The summed E-state index contributed by atoms with van der Waals surface area (Å²) in [6.45, 7) is 3.25. The molecule has 2 rings (SSSR count). The fraction of sp³-hybridized carbons (Fsp3) is 0.571. The minimum Gasteiger partial charge on any atom is -0.396 e. The lowest BCUT2D eigenvalue weighted by atomic mass is 9.98. The molecule has 1 aromatic rings. The van der Waals surface area contributed by atoms with Crippen LogP contribution in [-0.4, -0.2) is 46.2 Å². The van der Waals surface area contributed by atoms with Gasteiger partial charge in [-0.2, -0.15) is 0 Å². The topological polar surface area (TPSA) is 40.5 Å². The summed E-state index contributed by atoms with van der Waals surface area (Å²) >= 11 is 0. The zero-order chi connectivity index (χ0) is 12.8. The van der Waals surface area contributed by atoms with E-state index in [2.05, 4.69) is 4.90 Å². The van der Waals surface area contributed by atoms with Gasteiger partial charge in [-0.05, 0) is 44.0 Å². The minimum atomic E-state index is -0.887. The number of hydrogen-bond acceptors (Lipinski definition) is 3. The molecule has 1 N–H and O–H groups in total. The normalized spacial score (nSPS) is 19.8. The molecule has 4 heteroatoms. The van der Waals surface area contributed by atoms with Crippen LogP contribution in [0, 0.1) is 5.92 Å². The number of rotatable bonds is 5. The molecule has 0 saturated carbocycles. The average molecular weight is 267 g/mol. The third kappa shape index (κ3) is 3.90. The molecule has 0 radical (unpaired) electrons. The second kappa shape index (κ2) is 7.02. The molecular weight excluding hydrogens is 246 g/mol. The fourth-order valence-electron chi connectivity index (χ4n) is 2.29. The molecule has 1 saturated heterocycles. The lowest BCUT2D eigenvalue weighted by molar-refractivity contribution is 0.136. The molecule has 1 unspecified atom stereocenters. The van der Waals surface area contributed by atoms with Crippen LogP contribution in [0.5, 0.6) is 0 Å². The van der Waals surface area contributed by atoms with Gasteiger partial charge in [0.2, 0.25) is 0 Å². The second-order valence-electron chi connectivity index (χ2n) is 4.83. The first-order valence-corrected chi connectivity index (χ1v) is 7.88. The molecule has 1 atom stereocenters. The largest absolute Gasteiger partial charge is 0.396 e. The number of benzene rings is 1. The molecule has 1 heterocycles. The van der Waals surface area contributed by atoms with Crippen molar-refractivity contribution in [2.75, 3.05) is 32.0 Å². The molecule has 1 fully saturated rings. The SMILES string of the molecule is O=S(CCN1CCC(CO)CC1)c1ccccc1. The standard InChI is InChI=1S/C14H21NO2S/c16-12-13-6-8-15(9-7-13)10-11-18(17)14-4-2-1-3-5-14/h1-5,13,16H,6-12H2. The van der Waals surface area contributed by atoms with Crippen LogP contribution < -0.4 is 0 Å². The molecule has 3 nitrogen and oxygen atoms in total. The van der Waals surface area contributed by atoms with Gasteiger partial charge in [0, 0.05) is 23.8 Å². The number of aliphatic hydroxyl groups excluding tert-OH is 1. The van der Waals surface area contributed by atoms with Crippen molar-refractivity contribution in [1.82, 2.24) is 4.90 Å². The molecule has 100 valence electrons. The number of piperidine rings is 1. The van der Waals surface area contributed by atoms with Crippen molar-refractivity contribution in [1.29, 1.82) is 0 Å². The summed E-state index contributed by atoms with van der Waals surface area (Å²) in [6.07, 6.45) is 2.13. The van der Waals surface area contributed by atoms with Crippen LogP contribution in [0.15, 0.2) is 35.2 Å². The van der Waals surface area contributed by atoms with Crippen LogP contribution in [0.25, 0.3) is 0 Å². The molecule has 0 aromatic heterocycles. The van der Waals surface area contributed by atoms with Gasteiger partial charge in [0.25, 0.3) is 0 Å². The van der Waals surface area contributed by atoms with E-state index in [-0.39, 0.29) is 0 Å². The zero-order valence-electron chi connectivity index (χ0n) is 10.6. The highest BCUT2D eigenvalue weighted by molar-refractivity contribution is 7.85. The van der Waals surface area contributed by atoms with Crippen LogP contribution in [0.2, 0.25) is 0 Å². The Morgan fingerprint density at radius 1 is 1.22 bits per heavy atom. The van der Waals surface area contributed by atoms with Gasteiger partial charge in [0.05, 0.1) is 10.8 Å². The van der Waals surface area contributed by atoms with Crippen molar-refractivity contribution in [2.24, 2.45) is 5.92 Å². The van der Waals surface area contributed by atoms with E-state index in [0.29, 0.717) is 18.3 Å². The van der Waals surface area contributed by atoms with E-state index in [1.54, 1.807) is 0 Å². The number of hydrogen-bond donors (Lipinski definition) is 1. The number of likely N-dealkylation sites (tertiary alicyclic amines) is 1. The highest BCUT2D eigenvalue weighted by Gasteiger charge is 2.18. The van der Waals surface area contributed by atoms with Crippen LogP contribution in [0.1, 0.15) is 12.8 Å². The second-order valence-corrected chi connectivity index (χ2v) is 6.40. The van der Waals surface area contributed by atoms with Gasteiger partial charge in [0.15, 0.2) is 0 Å². The maximum atomic E-state index is 12.1. The quantitative estimate of drug-likeness (QED) is 0.879. The van der Waals surface area contributed by atoms with Gasteiger partial charge in [0.1, 0.15) is 0 Å². The van der Waals surface area contributed by atoms with Crippen LogP contribution >= 0.6 is 0 Å². The first-order chi connectivity index (χ1) is 8.79. The Balaban J connectivity index is 1.74. The van der Waals surface area contributed by atoms with E-state index >= 15 is 0 Å². The monoisotopic (exact) mass is 267 g/mol. The smallest absolute Gasteiger partial charge is 0.0542 e. The third-order valence-electron chi connectivity index (χ3n) is 3.56. The Morgan fingerprint density at radius 3 is 2.50 bits per heavy atom. The van der Waals surface area contributed by atoms with E-state index in [1.807, 2.05) is 30.3 Å². The average Bonchev–Trinajstić information content (AvgIpc) is 2.46. The van der Waals surface area contributed by atoms with Gasteiger partial charge in [-0.3, -0.25) is 4.21 Å². The number of nitrogens with zero attached hydrogens (tertiary/aromatic N) is 1. The maximum Gasteiger partial charge on any atom is 0.0542 e. The van der Waals surface area contributed by atoms with Crippen molar-refractivity contribution < 1.29 is 9.32 Å². The molecule has 0 amide bonds. The zero-order valence-corrected chi connectivity index (χ0v) is 11.4. The maximum absolute atomic E-state index is 12.1. The fourth-order valence-corrected chi connectivity index (χ4v) is 3.42. The highest BCUT2D eigenvalue weighted by atomic mass is 32.2. The molecule has 0 bridgehead atoms. The Morgan fingerprint density at radius 2 is 1.89 bits per heavy atom. The van der Waals surface area contributed by atoms with E-state index < -0.39 is 10.8 Å². The molecule has 18 heavy (non-hydrogen) atoms. The van der Waals surface area contributed by atoms with E-state index in [9.17, 15) is 4.21 Å². The summed E-state index contributed by atoms with van der Waals surface area (Å²) in [6, 6.07) is 9.66. The number of aliphatic hydroxyl groups is 1. The Kier molecular flexibility index (Phi) is 5.35. The summed E-state index contributed by atoms with van der Waals surface area (Å²) < 4.78 is 12.1. The third-order valence-corrected chi connectivity index (χ3v) is 4.92. The summed E-state index contributed by atoms with van der Waals surface area (Å²) in [5.41, 5.74) is 0. The van der Waals surface area contributed by atoms with Gasteiger partial charge >= 0.3 is 0 Å². The summed E-state index contributed by atoms with van der Waals surface area (Å²) in [5, 5.41) is 9.08. The van der Waals surface area contributed by atoms with Gasteiger partial charge < -0.3 is 10.0 Å². The Bertz CT molecular complexity index is 375. The van der Waals surface area contributed by atoms with Gasteiger partial charge in [-0.25, -0.2) is 0 Å². The van der Waals surface area contributed by atoms with Crippen molar-refractivity contribution in [3.8, 4) is 0 Å². The first-order valence-electron chi connectivity index (χ1n) is 6.56. The Hall–Kier alpha value is -0.710. The summed E-state index contributed by atoms with van der Waals surface area (Å²) in [7, 11) is -0.887. The van der Waals surface area contributed by atoms with Crippen LogP contribution in [0.3, 0.4) is 0 Å². The molecule has 1 aliphatic rings. The summed E-state index contributed by atoms with van der Waals surface area (Å²) in [5.74, 6) is 1.18. The lowest BCUT2D eigenvalue weighted by Gasteiger charge is -2.30. The summed E-state index contributed by atoms with van der Waals surface area (Å²) in [4.78, 5) is 3.27. The predicted octanol–water partition coefficient (Wildman–Crippen LogP) is 1.50. The Labute approximate surface area is 111 Å². The van der Waals surface area contributed by atoms with E-state index in [1.165, 1.54) is 0 Å². The minimum absolute atomic E-state index is 0.309. The van der Waals surface area contributed by atoms with Crippen LogP contribution in [-0.2, 0) is 10.8 Å². The lowest BCUT2D eigenvalue weighted by Crippen LogP contribution is -2.37. The van der Waals surface area contributed by atoms with Gasteiger partial charge in [-0.1, -0.05) is 18.2 Å². The highest BCUT2D eigenvalue weighted by Crippen LogP contribution is 2.16. The molecule has 0 spiro atoms. The molecule has 0 aliphatic carbocycles. The first kappa shape index (κ1) is 13.7. The van der Waals surface area contributed by atoms with E-state index in [4.69, 9.17) is 5.11 Å².